The summed E-state index contributed by atoms with van der Waals surface area (Å²) in [6.07, 6.45) is 7.44. The van der Waals surface area contributed by atoms with E-state index in [9.17, 15) is 0 Å². The molecule has 0 spiro atoms. The molecular weight excluding hydrogens is 346 g/mol. The second-order valence-electron chi connectivity index (χ2n) is 6.89. The summed E-state index contributed by atoms with van der Waals surface area (Å²) in [5, 5.41) is 7.06. The van der Waals surface area contributed by atoms with Crippen molar-refractivity contribution in [2.24, 2.45) is 0 Å². The number of nitrogens with zero attached hydrogens (tertiary/aromatic N) is 4. The fraction of sp³-hybridized carbons (Fsp3) is 0. The van der Waals surface area contributed by atoms with E-state index in [1.54, 1.807) is 6.33 Å². The normalized spacial score (nSPS) is 11.6. The molecule has 0 amide bonds. The van der Waals surface area contributed by atoms with Gasteiger partial charge in [-0.1, -0.05) is 18.2 Å². The second-order valence-corrected chi connectivity index (χ2v) is 6.89. The van der Waals surface area contributed by atoms with Gasteiger partial charge in [-0.25, -0.2) is 9.50 Å². The van der Waals surface area contributed by atoms with E-state index >= 15 is 0 Å². The van der Waals surface area contributed by atoms with Crippen LogP contribution in [0.1, 0.15) is 0 Å². The van der Waals surface area contributed by atoms with Gasteiger partial charge < -0.3 is 4.98 Å². The zero-order valence-electron chi connectivity index (χ0n) is 14.9. The number of fused-ring (bicyclic) bond motifs is 3. The Balaban J connectivity index is 1.45. The Morgan fingerprint density at radius 3 is 2.71 bits per heavy atom. The molecular formula is C23H15N5. The number of hydrogen-bond donors (Lipinski definition) is 1. The molecule has 1 N–H and O–H groups in total. The zero-order valence-corrected chi connectivity index (χ0v) is 14.9. The number of aromatic amines is 1. The highest BCUT2D eigenvalue weighted by Crippen LogP contribution is 2.27. The average Bonchev–Trinajstić information content (AvgIpc) is 3.39. The van der Waals surface area contributed by atoms with Crippen molar-refractivity contribution in [1.82, 2.24) is 24.6 Å². The lowest BCUT2D eigenvalue weighted by molar-refractivity contribution is 0.966. The summed E-state index contributed by atoms with van der Waals surface area (Å²) < 4.78 is 1.91. The van der Waals surface area contributed by atoms with Crippen LogP contribution in [0.4, 0.5) is 0 Å². The third-order valence-electron chi connectivity index (χ3n) is 5.15. The summed E-state index contributed by atoms with van der Waals surface area (Å²) >= 11 is 0. The summed E-state index contributed by atoms with van der Waals surface area (Å²) in [4.78, 5) is 11.7. The van der Waals surface area contributed by atoms with Gasteiger partial charge in [-0.3, -0.25) is 4.98 Å². The fourth-order valence-electron chi connectivity index (χ4n) is 3.67. The molecule has 0 fully saturated rings. The minimum absolute atomic E-state index is 0.935. The molecule has 0 aliphatic heterocycles. The van der Waals surface area contributed by atoms with Gasteiger partial charge >= 0.3 is 0 Å². The molecule has 5 nitrogen and oxygen atoms in total. The Bertz CT molecular complexity index is 1470. The Morgan fingerprint density at radius 2 is 1.71 bits per heavy atom. The third-order valence-corrected chi connectivity index (χ3v) is 5.15. The number of pyridine rings is 2. The van der Waals surface area contributed by atoms with Crippen molar-refractivity contribution in [3.8, 4) is 22.4 Å². The largest absolute Gasteiger partial charge is 0.345 e. The van der Waals surface area contributed by atoms with Gasteiger partial charge in [-0.05, 0) is 59.0 Å². The second kappa shape index (κ2) is 5.76. The highest BCUT2D eigenvalue weighted by molar-refractivity contribution is 5.87. The van der Waals surface area contributed by atoms with Gasteiger partial charge in [0.2, 0.25) is 0 Å². The van der Waals surface area contributed by atoms with E-state index in [1.807, 2.05) is 35.2 Å². The molecule has 0 aliphatic rings. The summed E-state index contributed by atoms with van der Waals surface area (Å²) in [6, 6.07) is 21.0. The van der Waals surface area contributed by atoms with Crippen molar-refractivity contribution < 1.29 is 0 Å². The van der Waals surface area contributed by atoms with E-state index in [0.717, 1.165) is 38.8 Å². The molecule has 2 aromatic carbocycles. The quantitative estimate of drug-likeness (QED) is 0.467. The lowest BCUT2D eigenvalue weighted by Gasteiger charge is -2.04. The maximum atomic E-state index is 4.73. The van der Waals surface area contributed by atoms with Crippen LogP contribution in [-0.2, 0) is 0 Å². The van der Waals surface area contributed by atoms with Crippen molar-refractivity contribution in [2.75, 3.05) is 0 Å². The molecule has 28 heavy (non-hydrogen) atoms. The van der Waals surface area contributed by atoms with E-state index in [2.05, 4.69) is 63.5 Å². The van der Waals surface area contributed by atoms with Crippen LogP contribution in [0.2, 0.25) is 0 Å². The molecule has 0 saturated heterocycles. The van der Waals surface area contributed by atoms with Crippen LogP contribution in [0.3, 0.4) is 0 Å². The molecule has 4 aromatic heterocycles. The molecule has 132 valence electrons. The lowest BCUT2D eigenvalue weighted by Crippen LogP contribution is -1.88. The highest BCUT2D eigenvalue weighted by atomic mass is 15.2. The smallest absolute Gasteiger partial charge is 0.0934 e. The molecule has 4 heterocycles. The number of rotatable bonds is 2. The maximum Gasteiger partial charge on any atom is 0.0934 e. The van der Waals surface area contributed by atoms with Gasteiger partial charge in [0, 0.05) is 29.5 Å². The highest BCUT2D eigenvalue weighted by Gasteiger charge is 2.08. The fourth-order valence-corrected chi connectivity index (χ4v) is 3.67. The summed E-state index contributed by atoms with van der Waals surface area (Å²) in [6.45, 7) is 0. The van der Waals surface area contributed by atoms with Crippen LogP contribution in [-0.4, -0.2) is 24.6 Å². The van der Waals surface area contributed by atoms with Crippen molar-refractivity contribution in [1.29, 1.82) is 0 Å². The van der Waals surface area contributed by atoms with E-state index < -0.39 is 0 Å². The van der Waals surface area contributed by atoms with Crippen molar-refractivity contribution in [3.63, 3.8) is 0 Å². The van der Waals surface area contributed by atoms with Crippen LogP contribution in [0.5, 0.6) is 0 Å². The van der Waals surface area contributed by atoms with E-state index in [0.29, 0.717) is 0 Å². The first-order valence-electron chi connectivity index (χ1n) is 9.11. The molecule has 6 aromatic rings. The number of H-pyrrole nitrogens is 1. The van der Waals surface area contributed by atoms with Crippen molar-refractivity contribution >= 4 is 27.3 Å². The summed E-state index contributed by atoms with van der Waals surface area (Å²) in [5.41, 5.74) is 7.35. The van der Waals surface area contributed by atoms with E-state index in [4.69, 9.17) is 5.10 Å². The Labute approximate surface area is 160 Å². The number of benzene rings is 2. The Morgan fingerprint density at radius 1 is 0.786 bits per heavy atom. The van der Waals surface area contributed by atoms with Gasteiger partial charge in [0.1, 0.15) is 0 Å². The van der Waals surface area contributed by atoms with Gasteiger partial charge in [0.15, 0.2) is 0 Å². The molecule has 0 aliphatic carbocycles. The van der Waals surface area contributed by atoms with Crippen LogP contribution in [0, 0.1) is 0 Å². The van der Waals surface area contributed by atoms with E-state index in [-0.39, 0.29) is 0 Å². The molecule has 6 rings (SSSR count). The monoisotopic (exact) mass is 361 g/mol. The average molecular weight is 361 g/mol. The van der Waals surface area contributed by atoms with Crippen molar-refractivity contribution in [3.05, 3.63) is 85.6 Å². The molecule has 0 unspecified atom stereocenters. The van der Waals surface area contributed by atoms with Crippen LogP contribution >= 0.6 is 0 Å². The van der Waals surface area contributed by atoms with Crippen LogP contribution in [0.15, 0.2) is 85.6 Å². The SMILES string of the molecule is c1cc2ccc(-c3ccn4nc(-c5ccc6[nH]cnc6c5)cc4c3)cc2cn1. The first-order valence-corrected chi connectivity index (χ1v) is 9.11. The molecule has 0 atom stereocenters. The minimum atomic E-state index is 0.935. The van der Waals surface area contributed by atoms with Crippen LogP contribution in [0.25, 0.3) is 49.7 Å². The van der Waals surface area contributed by atoms with Crippen molar-refractivity contribution in [2.45, 2.75) is 0 Å². The predicted octanol–water partition coefficient (Wildman–Crippen LogP) is 5.09. The molecule has 0 saturated carbocycles. The topological polar surface area (TPSA) is 58.9 Å². The first kappa shape index (κ1) is 15.1. The Hall–Kier alpha value is -3.99. The summed E-state index contributed by atoms with van der Waals surface area (Å²) in [5.74, 6) is 0. The molecule has 0 radical (unpaired) electrons. The zero-order chi connectivity index (χ0) is 18.5. The van der Waals surface area contributed by atoms with Gasteiger partial charge in [-0.15, -0.1) is 0 Å². The van der Waals surface area contributed by atoms with E-state index in [1.165, 1.54) is 10.9 Å². The van der Waals surface area contributed by atoms with Gasteiger partial charge in [0.05, 0.1) is 28.6 Å². The molecule has 5 heteroatoms. The first-order chi connectivity index (χ1) is 13.8. The molecule has 0 bridgehead atoms. The predicted molar refractivity (Wildman–Crippen MR) is 111 cm³/mol. The lowest BCUT2D eigenvalue weighted by atomic mass is 10.0. The third kappa shape index (κ3) is 2.37. The number of imidazole rings is 1. The maximum absolute atomic E-state index is 4.73. The minimum Gasteiger partial charge on any atom is -0.345 e. The van der Waals surface area contributed by atoms with Gasteiger partial charge in [0.25, 0.3) is 0 Å². The van der Waals surface area contributed by atoms with Gasteiger partial charge in [-0.2, -0.15) is 5.10 Å². The standard InChI is InChI=1S/C23H15N5/c1-2-16(9-19-13-24-7-5-15(1)19)17-6-8-28-20(10-17)12-22(27-28)18-3-4-21-23(11-18)26-14-25-21/h1-14H,(H,25,26). The number of aromatic nitrogens is 5. The van der Waals surface area contributed by atoms with Crippen LogP contribution < -0.4 is 0 Å². The number of nitrogens with one attached hydrogen (secondary N) is 1. The number of hydrogen-bond acceptors (Lipinski definition) is 3. The Kier molecular flexibility index (Phi) is 3.10. The summed E-state index contributed by atoms with van der Waals surface area (Å²) in [7, 11) is 0.